The molecular weight excluding hydrogens is 212 g/mol. The SMILES string of the molecule is COc1ccc(Cl)cc1C(N)CCCN. The predicted molar refractivity (Wildman–Crippen MR) is 63.2 cm³/mol. The van der Waals surface area contributed by atoms with Gasteiger partial charge in [0.15, 0.2) is 0 Å². The van der Waals surface area contributed by atoms with Crippen molar-refractivity contribution < 1.29 is 4.74 Å². The minimum Gasteiger partial charge on any atom is -0.496 e. The molecule has 4 heteroatoms. The number of benzene rings is 1. The topological polar surface area (TPSA) is 61.3 Å². The average Bonchev–Trinajstić information content (AvgIpc) is 2.25. The van der Waals surface area contributed by atoms with E-state index in [1.807, 2.05) is 12.1 Å². The Labute approximate surface area is 95.4 Å². The molecule has 0 bridgehead atoms. The van der Waals surface area contributed by atoms with Crippen LogP contribution in [-0.4, -0.2) is 13.7 Å². The molecule has 0 amide bonds. The Balaban J connectivity index is 2.85. The second-order valence-electron chi connectivity index (χ2n) is 3.42. The van der Waals surface area contributed by atoms with Crippen LogP contribution in [0.3, 0.4) is 0 Å². The van der Waals surface area contributed by atoms with Gasteiger partial charge in [0, 0.05) is 16.6 Å². The number of rotatable bonds is 5. The molecule has 0 aliphatic carbocycles. The molecule has 0 radical (unpaired) electrons. The summed E-state index contributed by atoms with van der Waals surface area (Å²) in [6, 6.07) is 5.41. The molecular formula is C11H17ClN2O. The Kier molecular flexibility index (Phi) is 4.88. The normalized spacial score (nSPS) is 12.5. The lowest BCUT2D eigenvalue weighted by Crippen LogP contribution is -2.13. The van der Waals surface area contributed by atoms with Gasteiger partial charge >= 0.3 is 0 Å². The maximum atomic E-state index is 6.03. The standard InChI is InChI=1S/C11H17ClN2O/c1-15-11-5-4-8(12)7-9(11)10(14)3-2-6-13/h4-5,7,10H,2-3,6,13-14H2,1H3. The molecule has 1 rings (SSSR count). The summed E-state index contributed by atoms with van der Waals surface area (Å²) in [5, 5.41) is 0.675. The number of ether oxygens (including phenoxy) is 1. The molecule has 0 aliphatic heterocycles. The van der Waals surface area contributed by atoms with Gasteiger partial charge in [-0.15, -0.1) is 0 Å². The van der Waals surface area contributed by atoms with Crippen LogP contribution in [0.5, 0.6) is 5.75 Å². The summed E-state index contributed by atoms with van der Waals surface area (Å²) in [7, 11) is 1.63. The molecule has 1 atom stereocenters. The molecule has 84 valence electrons. The largest absolute Gasteiger partial charge is 0.496 e. The first kappa shape index (κ1) is 12.3. The predicted octanol–water partition coefficient (Wildman–Crippen LogP) is 2.09. The van der Waals surface area contributed by atoms with Gasteiger partial charge in [0.25, 0.3) is 0 Å². The van der Waals surface area contributed by atoms with Crippen molar-refractivity contribution in [3.63, 3.8) is 0 Å². The van der Waals surface area contributed by atoms with E-state index in [0.29, 0.717) is 11.6 Å². The summed E-state index contributed by atoms with van der Waals surface area (Å²) in [5.41, 5.74) is 12.4. The lowest BCUT2D eigenvalue weighted by atomic mass is 10.0. The van der Waals surface area contributed by atoms with Crippen LogP contribution in [0.25, 0.3) is 0 Å². The van der Waals surface area contributed by atoms with Gasteiger partial charge in [0.2, 0.25) is 0 Å². The van der Waals surface area contributed by atoms with Crippen LogP contribution in [0, 0.1) is 0 Å². The third kappa shape index (κ3) is 3.38. The van der Waals surface area contributed by atoms with Gasteiger partial charge < -0.3 is 16.2 Å². The average molecular weight is 229 g/mol. The smallest absolute Gasteiger partial charge is 0.123 e. The second kappa shape index (κ2) is 5.95. The summed E-state index contributed by atoms with van der Waals surface area (Å²) < 4.78 is 5.23. The summed E-state index contributed by atoms with van der Waals surface area (Å²) in [6.45, 7) is 0.649. The molecule has 0 aliphatic rings. The molecule has 0 heterocycles. The highest BCUT2D eigenvalue weighted by atomic mass is 35.5. The zero-order valence-corrected chi connectivity index (χ0v) is 9.63. The van der Waals surface area contributed by atoms with Crippen molar-refractivity contribution in [1.82, 2.24) is 0 Å². The van der Waals surface area contributed by atoms with Crippen LogP contribution in [0.4, 0.5) is 0 Å². The Morgan fingerprint density at radius 2 is 2.20 bits per heavy atom. The molecule has 4 N–H and O–H groups in total. The molecule has 3 nitrogen and oxygen atoms in total. The minimum absolute atomic E-state index is 0.0674. The highest BCUT2D eigenvalue weighted by molar-refractivity contribution is 6.30. The quantitative estimate of drug-likeness (QED) is 0.811. The maximum absolute atomic E-state index is 6.03. The van der Waals surface area contributed by atoms with Gasteiger partial charge in [-0.2, -0.15) is 0 Å². The van der Waals surface area contributed by atoms with E-state index in [1.54, 1.807) is 13.2 Å². The number of nitrogens with two attached hydrogens (primary N) is 2. The summed E-state index contributed by atoms with van der Waals surface area (Å²) in [6.07, 6.45) is 1.74. The fourth-order valence-electron chi connectivity index (χ4n) is 1.49. The molecule has 1 aromatic carbocycles. The van der Waals surface area contributed by atoms with Crippen LogP contribution in [0.2, 0.25) is 5.02 Å². The molecule has 0 saturated carbocycles. The fourth-order valence-corrected chi connectivity index (χ4v) is 1.67. The van der Waals surface area contributed by atoms with E-state index in [9.17, 15) is 0 Å². The van der Waals surface area contributed by atoms with Crippen molar-refractivity contribution in [2.75, 3.05) is 13.7 Å². The van der Waals surface area contributed by atoms with Crippen molar-refractivity contribution in [2.45, 2.75) is 18.9 Å². The van der Waals surface area contributed by atoms with Crippen molar-refractivity contribution in [3.8, 4) is 5.75 Å². The van der Waals surface area contributed by atoms with Crippen LogP contribution < -0.4 is 16.2 Å². The molecule has 1 aromatic rings. The molecule has 1 unspecified atom stereocenters. The summed E-state index contributed by atoms with van der Waals surface area (Å²) >= 11 is 5.92. The number of methoxy groups -OCH3 is 1. The number of hydrogen-bond donors (Lipinski definition) is 2. The summed E-state index contributed by atoms with van der Waals surface area (Å²) in [5.74, 6) is 0.781. The van der Waals surface area contributed by atoms with Crippen molar-refractivity contribution in [2.24, 2.45) is 11.5 Å². The molecule has 0 fully saturated rings. The van der Waals surface area contributed by atoms with E-state index in [2.05, 4.69) is 0 Å². The monoisotopic (exact) mass is 228 g/mol. The van der Waals surface area contributed by atoms with Gasteiger partial charge in [-0.25, -0.2) is 0 Å². The van der Waals surface area contributed by atoms with Gasteiger partial charge in [-0.3, -0.25) is 0 Å². The fraction of sp³-hybridized carbons (Fsp3) is 0.455. The number of halogens is 1. The molecule has 0 spiro atoms. The Morgan fingerprint density at radius 3 is 2.80 bits per heavy atom. The van der Waals surface area contributed by atoms with Crippen molar-refractivity contribution in [1.29, 1.82) is 0 Å². The highest BCUT2D eigenvalue weighted by Crippen LogP contribution is 2.29. The summed E-state index contributed by atoms with van der Waals surface area (Å²) in [4.78, 5) is 0. The number of hydrogen-bond acceptors (Lipinski definition) is 3. The van der Waals surface area contributed by atoms with E-state index in [-0.39, 0.29) is 6.04 Å². The highest BCUT2D eigenvalue weighted by Gasteiger charge is 2.11. The van der Waals surface area contributed by atoms with Gasteiger partial charge in [0.05, 0.1) is 7.11 Å². The van der Waals surface area contributed by atoms with Gasteiger partial charge in [-0.1, -0.05) is 11.6 Å². The zero-order valence-electron chi connectivity index (χ0n) is 8.87. The van der Waals surface area contributed by atoms with E-state index >= 15 is 0 Å². The van der Waals surface area contributed by atoms with Gasteiger partial charge in [-0.05, 0) is 37.6 Å². The Bertz CT molecular complexity index is 317. The van der Waals surface area contributed by atoms with Gasteiger partial charge in [0.1, 0.15) is 5.75 Å². The molecule has 0 saturated heterocycles. The first-order valence-electron chi connectivity index (χ1n) is 4.98. The Morgan fingerprint density at radius 1 is 1.47 bits per heavy atom. The zero-order chi connectivity index (χ0) is 11.3. The molecule has 15 heavy (non-hydrogen) atoms. The lowest BCUT2D eigenvalue weighted by Gasteiger charge is -2.15. The van der Waals surface area contributed by atoms with E-state index in [1.165, 1.54) is 0 Å². The van der Waals surface area contributed by atoms with Crippen LogP contribution >= 0.6 is 11.6 Å². The van der Waals surface area contributed by atoms with Crippen molar-refractivity contribution >= 4 is 11.6 Å². The van der Waals surface area contributed by atoms with E-state index in [0.717, 1.165) is 24.2 Å². The lowest BCUT2D eigenvalue weighted by molar-refractivity contribution is 0.404. The Hall–Kier alpha value is -0.770. The van der Waals surface area contributed by atoms with Crippen LogP contribution in [0.15, 0.2) is 18.2 Å². The minimum atomic E-state index is -0.0674. The van der Waals surface area contributed by atoms with E-state index in [4.69, 9.17) is 27.8 Å². The van der Waals surface area contributed by atoms with E-state index < -0.39 is 0 Å². The third-order valence-corrected chi connectivity index (χ3v) is 2.55. The third-order valence-electron chi connectivity index (χ3n) is 2.31. The first-order chi connectivity index (χ1) is 7.19. The second-order valence-corrected chi connectivity index (χ2v) is 3.86. The van der Waals surface area contributed by atoms with Crippen LogP contribution in [-0.2, 0) is 0 Å². The first-order valence-corrected chi connectivity index (χ1v) is 5.36. The van der Waals surface area contributed by atoms with Crippen molar-refractivity contribution in [3.05, 3.63) is 28.8 Å². The molecule has 0 aromatic heterocycles. The maximum Gasteiger partial charge on any atom is 0.123 e. The van der Waals surface area contributed by atoms with Crippen LogP contribution in [0.1, 0.15) is 24.4 Å².